The topological polar surface area (TPSA) is 86.8 Å². The second-order valence-corrected chi connectivity index (χ2v) is 11.7. The Morgan fingerprint density at radius 2 is 1.44 bits per heavy atom. The summed E-state index contributed by atoms with van der Waals surface area (Å²) in [5.41, 5.74) is 2.48. The van der Waals surface area contributed by atoms with Crippen LogP contribution < -0.4 is 9.62 Å². The number of rotatable bonds is 13. The highest BCUT2D eigenvalue weighted by atomic mass is 32.2. The van der Waals surface area contributed by atoms with E-state index in [-0.39, 0.29) is 23.3 Å². The second-order valence-electron chi connectivity index (χ2n) is 9.86. The summed E-state index contributed by atoms with van der Waals surface area (Å²) in [7, 11) is -4.06. The number of hydrogen-bond acceptors (Lipinski definition) is 4. The highest BCUT2D eigenvalue weighted by molar-refractivity contribution is 7.92. The molecule has 0 saturated carbocycles. The summed E-state index contributed by atoms with van der Waals surface area (Å²) in [5.74, 6) is -0.439. The fourth-order valence-electron chi connectivity index (χ4n) is 4.24. The predicted octanol–water partition coefficient (Wildman–Crippen LogP) is 4.99. The normalized spacial score (nSPS) is 12.1. The molecule has 0 aromatic heterocycles. The fourth-order valence-corrected chi connectivity index (χ4v) is 5.68. The highest BCUT2D eigenvalue weighted by Crippen LogP contribution is 2.26. The molecule has 3 aromatic rings. The van der Waals surface area contributed by atoms with Gasteiger partial charge in [-0.15, -0.1) is 0 Å². The molecule has 3 aromatic carbocycles. The predicted molar refractivity (Wildman–Crippen MR) is 156 cm³/mol. The van der Waals surface area contributed by atoms with Crippen molar-refractivity contribution < 1.29 is 18.0 Å². The number of hydrogen-bond donors (Lipinski definition) is 1. The Balaban J connectivity index is 1.96. The van der Waals surface area contributed by atoms with Crippen LogP contribution in [0.1, 0.15) is 51.2 Å². The summed E-state index contributed by atoms with van der Waals surface area (Å²) in [4.78, 5) is 28.3. The molecule has 0 aliphatic carbocycles. The van der Waals surface area contributed by atoms with E-state index in [1.54, 1.807) is 37.3 Å². The molecule has 3 rings (SSSR count). The zero-order valence-electron chi connectivity index (χ0n) is 23.2. The van der Waals surface area contributed by atoms with Crippen LogP contribution in [0.5, 0.6) is 0 Å². The van der Waals surface area contributed by atoms with Crippen molar-refractivity contribution in [2.45, 2.75) is 57.4 Å². The molecule has 1 atom stereocenters. The van der Waals surface area contributed by atoms with Gasteiger partial charge in [-0.1, -0.05) is 81.4 Å². The monoisotopic (exact) mass is 549 g/mol. The number of nitrogens with one attached hydrogen (secondary N) is 1. The first kappa shape index (κ1) is 29.9. The number of amides is 2. The summed E-state index contributed by atoms with van der Waals surface area (Å²) in [6.07, 6.45) is 1.30. The summed E-state index contributed by atoms with van der Waals surface area (Å²) < 4.78 is 28.8. The Kier molecular flexibility index (Phi) is 10.7. The van der Waals surface area contributed by atoms with Crippen molar-refractivity contribution in [1.29, 1.82) is 0 Å². The molecule has 0 aliphatic heterocycles. The molecule has 208 valence electrons. The van der Waals surface area contributed by atoms with E-state index >= 15 is 0 Å². The van der Waals surface area contributed by atoms with Crippen molar-refractivity contribution in [3.63, 3.8) is 0 Å². The van der Waals surface area contributed by atoms with E-state index in [1.807, 2.05) is 49.4 Å². The summed E-state index contributed by atoms with van der Waals surface area (Å²) in [5, 5.41) is 2.86. The first-order valence-corrected chi connectivity index (χ1v) is 14.9. The lowest BCUT2D eigenvalue weighted by Gasteiger charge is -2.32. The molecule has 39 heavy (non-hydrogen) atoms. The minimum Gasteiger partial charge on any atom is -0.354 e. The van der Waals surface area contributed by atoms with E-state index in [2.05, 4.69) is 19.2 Å². The van der Waals surface area contributed by atoms with E-state index in [0.29, 0.717) is 18.7 Å². The zero-order chi connectivity index (χ0) is 28.4. The van der Waals surface area contributed by atoms with Crippen LogP contribution in [-0.2, 0) is 26.0 Å². The molecule has 0 spiro atoms. The quantitative estimate of drug-likeness (QED) is 0.325. The van der Waals surface area contributed by atoms with Crippen molar-refractivity contribution in [3.05, 3.63) is 96.1 Å². The van der Waals surface area contributed by atoms with Crippen LogP contribution in [0.3, 0.4) is 0 Å². The average Bonchev–Trinajstić information content (AvgIpc) is 2.95. The fraction of sp³-hybridized carbons (Fsp3) is 0.355. The molecule has 0 fully saturated rings. The van der Waals surface area contributed by atoms with E-state index in [9.17, 15) is 18.0 Å². The molecular formula is C31H39N3O4S. The molecule has 0 saturated heterocycles. The summed E-state index contributed by atoms with van der Waals surface area (Å²) >= 11 is 0. The van der Waals surface area contributed by atoms with Gasteiger partial charge in [0, 0.05) is 13.1 Å². The first-order valence-electron chi connectivity index (χ1n) is 13.4. The van der Waals surface area contributed by atoms with Gasteiger partial charge in [0.05, 0.1) is 10.6 Å². The third-order valence-corrected chi connectivity index (χ3v) is 8.45. The van der Waals surface area contributed by atoms with Gasteiger partial charge in [-0.25, -0.2) is 8.42 Å². The van der Waals surface area contributed by atoms with Gasteiger partial charge < -0.3 is 10.2 Å². The van der Waals surface area contributed by atoms with Crippen molar-refractivity contribution in [3.8, 4) is 0 Å². The second kappa shape index (κ2) is 13.9. The largest absolute Gasteiger partial charge is 0.354 e. The lowest BCUT2D eigenvalue weighted by Crippen LogP contribution is -2.52. The minimum absolute atomic E-state index is 0.0929. The van der Waals surface area contributed by atoms with Crippen molar-refractivity contribution in [1.82, 2.24) is 10.2 Å². The minimum atomic E-state index is -4.06. The van der Waals surface area contributed by atoms with Crippen LogP contribution in [0.2, 0.25) is 0 Å². The molecule has 2 amide bonds. The van der Waals surface area contributed by atoms with Crippen LogP contribution >= 0.6 is 0 Å². The summed E-state index contributed by atoms with van der Waals surface area (Å²) in [6, 6.07) is 24.2. The molecule has 0 unspecified atom stereocenters. The molecule has 7 nitrogen and oxygen atoms in total. The standard InChI is InChI=1S/C31H39N3O4S/c1-5-21-32-31(36)25(4)33(22-20-26-12-8-6-9-13-26)30(35)23-34(28-18-16-27(17-19-28)24(2)3)39(37,38)29-14-10-7-11-15-29/h6-19,24-25H,5,20-23H2,1-4H3,(H,32,36)/t25-/m1/s1. The number of anilines is 1. The molecule has 1 N–H and O–H groups in total. The van der Waals surface area contributed by atoms with Crippen molar-refractivity contribution in [2.24, 2.45) is 0 Å². The van der Waals surface area contributed by atoms with Crippen molar-refractivity contribution in [2.75, 3.05) is 23.9 Å². The Bertz CT molecular complexity index is 1310. The Labute approximate surface area is 232 Å². The van der Waals surface area contributed by atoms with Crippen LogP contribution in [0, 0.1) is 0 Å². The molecule has 0 radical (unpaired) electrons. The number of carbonyl (C=O) groups is 2. The smallest absolute Gasteiger partial charge is 0.264 e. The third kappa shape index (κ3) is 7.93. The van der Waals surface area contributed by atoms with Gasteiger partial charge in [0.2, 0.25) is 11.8 Å². The Morgan fingerprint density at radius 3 is 2.00 bits per heavy atom. The van der Waals surface area contributed by atoms with E-state index < -0.39 is 28.5 Å². The van der Waals surface area contributed by atoms with Gasteiger partial charge in [0.1, 0.15) is 12.6 Å². The molecule has 0 heterocycles. The van der Waals surface area contributed by atoms with Gasteiger partial charge in [-0.3, -0.25) is 13.9 Å². The van der Waals surface area contributed by atoms with E-state index in [4.69, 9.17) is 0 Å². The van der Waals surface area contributed by atoms with E-state index in [1.165, 1.54) is 17.0 Å². The number of sulfonamides is 1. The number of nitrogens with zero attached hydrogens (tertiary/aromatic N) is 2. The molecule has 8 heteroatoms. The van der Waals surface area contributed by atoms with Crippen LogP contribution in [0.4, 0.5) is 5.69 Å². The maximum Gasteiger partial charge on any atom is 0.264 e. The van der Waals surface area contributed by atoms with Crippen LogP contribution in [0.25, 0.3) is 0 Å². The highest BCUT2D eigenvalue weighted by Gasteiger charge is 2.32. The third-order valence-electron chi connectivity index (χ3n) is 6.66. The lowest BCUT2D eigenvalue weighted by molar-refractivity contribution is -0.138. The van der Waals surface area contributed by atoms with Crippen molar-refractivity contribution >= 4 is 27.5 Å². The van der Waals surface area contributed by atoms with Gasteiger partial charge in [-0.2, -0.15) is 0 Å². The van der Waals surface area contributed by atoms with Gasteiger partial charge in [-0.05, 0) is 61.1 Å². The van der Waals surface area contributed by atoms with Crippen LogP contribution in [0.15, 0.2) is 89.8 Å². The first-order chi connectivity index (χ1) is 18.6. The summed E-state index contributed by atoms with van der Waals surface area (Å²) in [6.45, 7) is 8.11. The Morgan fingerprint density at radius 1 is 0.846 bits per heavy atom. The zero-order valence-corrected chi connectivity index (χ0v) is 24.0. The molecular weight excluding hydrogens is 510 g/mol. The SMILES string of the molecule is CCCNC(=O)[C@@H](C)N(CCc1ccccc1)C(=O)CN(c1ccc(C(C)C)cc1)S(=O)(=O)c1ccccc1. The maximum absolute atomic E-state index is 13.9. The molecule has 0 aliphatic rings. The lowest BCUT2D eigenvalue weighted by atomic mass is 10.0. The Hall–Kier alpha value is -3.65. The van der Waals surface area contributed by atoms with Gasteiger partial charge >= 0.3 is 0 Å². The molecule has 0 bridgehead atoms. The number of benzene rings is 3. The van der Waals surface area contributed by atoms with Gasteiger partial charge in [0.25, 0.3) is 10.0 Å². The van der Waals surface area contributed by atoms with Crippen LogP contribution in [-0.4, -0.2) is 50.8 Å². The number of carbonyl (C=O) groups excluding carboxylic acids is 2. The maximum atomic E-state index is 13.9. The van der Waals surface area contributed by atoms with Gasteiger partial charge in [0.15, 0.2) is 0 Å². The van der Waals surface area contributed by atoms with E-state index in [0.717, 1.165) is 21.9 Å². The average molecular weight is 550 g/mol.